The monoisotopic (exact) mass is 295 g/mol. The zero-order chi connectivity index (χ0) is 15.8. The third-order valence-corrected chi connectivity index (χ3v) is 3.21. The Labute approximate surface area is 126 Å². The number of nitrogens with one attached hydrogen (secondary N) is 1. The summed E-state index contributed by atoms with van der Waals surface area (Å²) in [6.07, 6.45) is 1.14. The van der Waals surface area contributed by atoms with Gasteiger partial charge in [-0.25, -0.2) is 4.39 Å². The Balaban J connectivity index is 2.38. The number of hydrogen-bond acceptors (Lipinski definition) is 3. The van der Waals surface area contributed by atoms with Crippen LogP contribution in [0.2, 0.25) is 0 Å². The van der Waals surface area contributed by atoms with Crippen LogP contribution in [0.1, 0.15) is 33.6 Å². The highest BCUT2D eigenvalue weighted by Crippen LogP contribution is 2.17. The molecule has 0 saturated heterocycles. The number of hydrogen-bond donors (Lipinski definition) is 2. The molecular formula is C16H26FN3O. The lowest BCUT2D eigenvalue weighted by Gasteiger charge is -2.22. The molecule has 0 saturated carbocycles. The van der Waals surface area contributed by atoms with E-state index in [-0.39, 0.29) is 11.6 Å². The van der Waals surface area contributed by atoms with Gasteiger partial charge in [0.25, 0.3) is 0 Å². The number of nitrogens with zero attached hydrogens (tertiary/aromatic N) is 1. The summed E-state index contributed by atoms with van der Waals surface area (Å²) in [6, 6.07) is 4.16. The largest absolute Gasteiger partial charge is 0.399 e. The second-order valence-corrected chi connectivity index (χ2v) is 5.68. The lowest BCUT2D eigenvalue weighted by Crippen LogP contribution is -2.29. The van der Waals surface area contributed by atoms with Gasteiger partial charge in [-0.1, -0.05) is 20.8 Å². The molecule has 0 radical (unpaired) electrons. The highest BCUT2D eigenvalue weighted by atomic mass is 19.1. The first-order valence-electron chi connectivity index (χ1n) is 7.49. The summed E-state index contributed by atoms with van der Waals surface area (Å²) in [5, 5.41) is 2.57. The maximum atomic E-state index is 13.5. The average Bonchev–Trinajstić information content (AvgIpc) is 2.41. The lowest BCUT2D eigenvalue weighted by molar-refractivity contribution is -0.116. The minimum absolute atomic E-state index is 0.148. The van der Waals surface area contributed by atoms with Crippen LogP contribution in [-0.4, -0.2) is 30.4 Å². The standard InChI is InChI=1S/C16H26FN3O/c1-4-20(11-12(2)3)9-5-6-16(21)19-15-10-13(18)7-8-14(15)17/h7-8,10,12H,4-6,9,11,18H2,1-3H3,(H,19,21). The Morgan fingerprint density at radius 3 is 2.76 bits per heavy atom. The van der Waals surface area contributed by atoms with E-state index in [0.717, 1.165) is 26.1 Å². The van der Waals surface area contributed by atoms with Crippen LogP contribution in [-0.2, 0) is 4.79 Å². The molecule has 118 valence electrons. The van der Waals surface area contributed by atoms with Crippen molar-refractivity contribution >= 4 is 17.3 Å². The van der Waals surface area contributed by atoms with Crippen molar-refractivity contribution < 1.29 is 9.18 Å². The van der Waals surface area contributed by atoms with Gasteiger partial charge in [-0.15, -0.1) is 0 Å². The lowest BCUT2D eigenvalue weighted by atomic mass is 10.2. The van der Waals surface area contributed by atoms with E-state index in [1.807, 2.05) is 0 Å². The van der Waals surface area contributed by atoms with Crippen LogP contribution in [0.25, 0.3) is 0 Å². The Morgan fingerprint density at radius 2 is 2.14 bits per heavy atom. The fourth-order valence-electron chi connectivity index (χ4n) is 2.21. The van der Waals surface area contributed by atoms with E-state index < -0.39 is 5.82 Å². The van der Waals surface area contributed by atoms with Crippen molar-refractivity contribution in [2.45, 2.75) is 33.6 Å². The second-order valence-electron chi connectivity index (χ2n) is 5.68. The van der Waals surface area contributed by atoms with Gasteiger partial charge in [0.05, 0.1) is 5.69 Å². The molecule has 0 unspecified atom stereocenters. The molecule has 5 heteroatoms. The minimum atomic E-state index is -0.465. The van der Waals surface area contributed by atoms with E-state index in [1.165, 1.54) is 18.2 Å². The van der Waals surface area contributed by atoms with E-state index in [2.05, 4.69) is 31.0 Å². The number of nitrogens with two attached hydrogens (primary N) is 1. The van der Waals surface area contributed by atoms with E-state index in [4.69, 9.17) is 5.73 Å². The van der Waals surface area contributed by atoms with Crippen LogP contribution in [0.4, 0.5) is 15.8 Å². The maximum Gasteiger partial charge on any atom is 0.224 e. The first kappa shape index (κ1) is 17.4. The van der Waals surface area contributed by atoms with Crippen molar-refractivity contribution in [1.29, 1.82) is 0 Å². The Bertz CT molecular complexity index is 463. The van der Waals surface area contributed by atoms with Crippen molar-refractivity contribution in [1.82, 2.24) is 4.90 Å². The van der Waals surface area contributed by atoms with Gasteiger partial charge in [0.2, 0.25) is 5.91 Å². The van der Waals surface area contributed by atoms with Gasteiger partial charge in [-0.3, -0.25) is 4.79 Å². The van der Waals surface area contributed by atoms with Gasteiger partial charge in [-0.05, 0) is 43.6 Å². The number of halogens is 1. The van der Waals surface area contributed by atoms with E-state index >= 15 is 0 Å². The molecule has 21 heavy (non-hydrogen) atoms. The summed E-state index contributed by atoms with van der Waals surface area (Å²) in [5.74, 6) is -0.0344. The predicted octanol–water partition coefficient (Wildman–Crippen LogP) is 3.10. The van der Waals surface area contributed by atoms with Crippen molar-refractivity contribution in [3.63, 3.8) is 0 Å². The molecule has 0 bridgehead atoms. The normalized spacial score (nSPS) is 11.1. The van der Waals surface area contributed by atoms with Gasteiger partial charge in [0, 0.05) is 18.7 Å². The molecule has 0 spiro atoms. The molecule has 1 rings (SSSR count). The van der Waals surface area contributed by atoms with Crippen LogP contribution < -0.4 is 11.1 Å². The third-order valence-electron chi connectivity index (χ3n) is 3.21. The molecule has 0 atom stereocenters. The van der Waals surface area contributed by atoms with E-state index in [0.29, 0.717) is 18.0 Å². The van der Waals surface area contributed by atoms with Crippen LogP contribution in [0.15, 0.2) is 18.2 Å². The number of benzene rings is 1. The second kappa shape index (κ2) is 8.62. The molecule has 0 heterocycles. The highest BCUT2D eigenvalue weighted by molar-refractivity contribution is 5.91. The third kappa shape index (κ3) is 6.58. The summed E-state index contributed by atoms with van der Waals surface area (Å²) in [5.41, 5.74) is 6.16. The van der Waals surface area contributed by atoms with Crippen molar-refractivity contribution in [3.05, 3.63) is 24.0 Å². The molecule has 0 fully saturated rings. The summed E-state index contributed by atoms with van der Waals surface area (Å²) >= 11 is 0. The summed E-state index contributed by atoms with van der Waals surface area (Å²) < 4.78 is 13.5. The van der Waals surface area contributed by atoms with Crippen LogP contribution in [0.5, 0.6) is 0 Å². The molecule has 1 amide bonds. The average molecular weight is 295 g/mol. The van der Waals surface area contributed by atoms with Gasteiger partial charge < -0.3 is 16.0 Å². The Morgan fingerprint density at radius 1 is 1.43 bits per heavy atom. The topological polar surface area (TPSA) is 58.4 Å². The zero-order valence-corrected chi connectivity index (χ0v) is 13.2. The first-order valence-corrected chi connectivity index (χ1v) is 7.49. The number of nitrogen functional groups attached to an aromatic ring is 1. The summed E-state index contributed by atoms with van der Waals surface area (Å²) in [7, 11) is 0. The van der Waals surface area contributed by atoms with Gasteiger partial charge >= 0.3 is 0 Å². The first-order chi connectivity index (χ1) is 9.92. The number of rotatable bonds is 8. The number of anilines is 2. The van der Waals surface area contributed by atoms with Crippen molar-refractivity contribution in [2.24, 2.45) is 5.92 Å². The minimum Gasteiger partial charge on any atom is -0.399 e. The quantitative estimate of drug-likeness (QED) is 0.725. The van der Waals surface area contributed by atoms with Crippen LogP contribution in [0, 0.1) is 11.7 Å². The molecular weight excluding hydrogens is 269 g/mol. The van der Waals surface area contributed by atoms with E-state index in [9.17, 15) is 9.18 Å². The fourth-order valence-corrected chi connectivity index (χ4v) is 2.21. The number of carbonyl (C=O) groups is 1. The molecule has 0 aliphatic carbocycles. The van der Waals surface area contributed by atoms with Crippen molar-refractivity contribution in [3.8, 4) is 0 Å². The molecule has 1 aromatic carbocycles. The molecule has 0 aliphatic heterocycles. The molecule has 4 nitrogen and oxygen atoms in total. The molecule has 3 N–H and O–H groups in total. The van der Waals surface area contributed by atoms with Crippen LogP contribution in [0.3, 0.4) is 0 Å². The molecule has 0 aliphatic rings. The predicted molar refractivity (Wildman–Crippen MR) is 85.6 cm³/mol. The Hall–Kier alpha value is -1.62. The zero-order valence-electron chi connectivity index (χ0n) is 13.2. The SMILES string of the molecule is CCN(CCCC(=O)Nc1cc(N)ccc1F)CC(C)C. The van der Waals surface area contributed by atoms with E-state index in [1.54, 1.807) is 0 Å². The maximum absolute atomic E-state index is 13.5. The van der Waals surface area contributed by atoms with Crippen LogP contribution >= 0.6 is 0 Å². The van der Waals surface area contributed by atoms with Crippen molar-refractivity contribution in [2.75, 3.05) is 30.7 Å². The summed E-state index contributed by atoms with van der Waals surface area (Å²) in [6.45, 7) is 9.35. The highest BCUT2D eigenvalue weighted by Gasteiger charge is 2.09. The molecule has 1 aromatic rings. The smallest absolute Gasteiger partial charge is 0.224 e. The van der Waals surface area contributed by atoms with Gasteiger partial charge in [-0.2, -0.15) is 0 Å². The number of amides is 1. The van der Waals surface area contributed by atoms with Gasteiger partial charge in [0.15, 0.2) is 0 Å². The number of carbonyl (C=O) groups excluding carboxylic acids is 1. The Kier molecular flexibility index (Phi) is 7.15. The van der Waals surface area contributed by atoms with Gasteiger partial charge in [0.1, 0.15) is 5.82 Å². The fraction of sp³-hybridized carbons (Fsp3) is 0.562. The summed E-state index contributed by atoms with van der Waals surface area (Å²) in [4.78, 5) is 14.1. The molecule has 0 aromatic heterocycles.